The van der Waals surface area contributed by atoms with E-state index in [0.717, 1.165) is 16.8 Å². The molecular weight excluding hydrogens is 232 g/mol. The van der Waals surface area contributed by atoms with Crippen LogP contribution >= 0.6 is 0 Å². The number of aromatic nitrogens is 4. The Labute approximate surface area is 104 Å². The van der Waals surface area contributed by atoms with Gasteiger partial charge in [0.2, 0.25) is 0 Å². The first-order valence-corrected chi connectivity index (χ1v) is 6.02. The fourth-order valence-electron chi connectivity index (χ4n) is 2.16. The third kappa shape index (κ3) is 1.52. The minimum Gasteiger partial charge on any atom is -0.325 e. The van der Waals surface area contributed by atoms with Gasteiger partial charge >= 0.3 is 5.69 Å². The van der Waals surface area contributed by atoms with Gasteiger partial charge in [0.05, 0.1) is 0 Å². The van der Waals surface area contributed by atoms with Crippen molar-refractivity contribution < 1.29 is 0 Å². The Morgan fingerprint density at radius 3 is 2.28 bits per heavy atom. The van der Waals surface area contributed by atoms with Crippen molar-refractivity contribution in [2.24, 2.45) is 21.1 Å². The molecule has 2 heterocycles. The second kappa shape index (κ2) is 4.12. The van der Waals surface area contributed by atoms with Gasteiger partial charge in [0, 0.05) is 27.1 Å². The van der Waals surface area contributed by atoms with Crippen LogP contribution in [0.25, 0.3) is 11.2 Å². The first-order valence-electron chi connectivity index (χ1n) is 6.02. The zero-order chi connectivity index (χ0) is 13.6. The van der Waals surface area contributed by atoms with Crippen molar-refractivity contribution in [3.8, 4) is 0 Å². The molecule has 0 N–H and O–H groups in total. The molecule has 0 unspecified atom stereocenters. The smallest absolute Gasteiger partial charge is 0.325 e. The molecule has 6 heteroatoms. The zero-order valence-electron chi connectivity index (χ0n) is 11.4. The van der Waals surface area contributed by atoms with Crippen LogP contribution < -0.4 is 11.2 Å². The standard InChI is InChI=1S/C12H18N4O2/c1-6-7(2)9-13-10-8(14(9)3)11(17)16(5)12(18)15(10)4/h7H,6H2,1-5H3/t7-/m1/s1. The predicted octanol–water partition coefficient (Wildman–Crippen LogP) is 0.484. The summed E-state index contributed by atoms with van der Waals surface area (Å²) < 4.78 is 4.33. The van der Waals surface area contributed by atoms with Gasteiger partial charge in [0.25, 0.3) is 5.56 Å². The van der Waals surface area contributed by atoms with E-state index in [1.54, 1.807) is 11.6 Å². The van der Waals surface area contributed by atoms with Crippen LogP contribution in [0, 0.1) is 0 Å². The highest BCUT2D eigenvalue weighted by molar-refractivity contribution is 5.71. The van der Waals surface area contributed by atoms with Gasteiger partial charge < -0.3 is 4.57 Å². The molecule has 6 nitrogen and oxygen atoms in total. The maximum Gasteiger partial charge on any atom is 0.332 e. The molecule has 0 radical (unpaired) electrons. The lowest BCUT2D eigenvalue weighted by molar-refractivity contribution is 0.647. The zero-order valence-corrected chi connectivity index (χ0v) is 11.4. The summed E-state index contributed by atoms with van der Waals surface area (Å²) in [5.41, 5.74) is 0.301. The van der Waals surface area contributed by atoms with Crippen LogP contribution in [0.4, 0.5) is 0 Å². The summed E-state index contributed by atoms with van der Waals surface area (Å²) in [6, 6.07) is 0. The monoisotopic (exact) mass is 250 g/mol. The van der Waals surface area contributed by atoms with Crippen molar-refractivity contribution in [1.82, 2.24) is 18.7 Å². The van der Waals surface area contributed by atoms with E-state index >= 15 is 0 Å². The lowest BCUT2D eigenvalue weighted by Gasteiger charge is -2.07. The lowest BCUT2D eigenvalue weighted by atomic mass is 10.1. The Bertz CT molecular complexity index is 720. The molecule has 0 aromatic carbocycles. The number of nitrogens with zero attached hydrogens (tertiary/aromatic N) is 4. The fraction of sp³-hybridized carbons (Fsp3) is 0.583. The van der Waals surface area contributed by atoms with Crippen LogP contribution in [0.5, 0.6) is 0 Å². The van der Waals surface area contributed by atoms with Gasteiger partial charge in [-0.2, -0.15) is 0 Å². The normalized spacial score (nSPS) is 13.2. The quantitative estimate of drug-likeness (QED) is 0.779. The number of fused-ring (bicyclic) bond motifs is 1. The molecule has 0 aliphatic carbocycles. The largest absolute Gasteiger partial charge is 0.332 e. The van der Waals surface area contributed by atoms with E-state index in [1.165, 1.54) is 11.6 Å². The second-order valence-electron chi connectivity index (χ2n) is 4.72. The van der Waals surface area contributed by atoms with Gasteiger partial charge in [-0.3, -0.25) is 13.9 Å². The molecule has 0 spiro atoms. The first kappa shape index (κ1) is 12.6. The highest BCUT2D eigenvalue weighted by atomic mass is 16.2. The highest BCUT2D eigenvalue weighted by Crippen LogP contribution is 2.19. The van der Waals surface area contributed by atoms with Gasteiger partial charge in [-0.05, 0) is 6.42 Å². The lowest BCUT2D eigenvalue weighted by Crippen LogP contribution is -2.37. The number of hydrogen-bond acceptors (Lipinski definition) is 3. The summed E-state index contributed by atoms with van der Waals surface area (Å²) in [6.45, 7) is 4.13. The van der Waals surface area contributed by atoms with Crippen molar-refractivity contribution in [2.45, 2.75) is 26.2 Å². The Kier molecular flexibility index (Phi) is 2.88. The maximum atomic E-state index is 12.1. The van der Waals surface area contributed by atoms with Crippen molar-refractivity contribution >= 4 is 11.2 Å². The summed E-state index contributed by atoms with van der Waals surface area (Å²) in [7, 11) is 4.94. The minimum atomic E-state index is -0.346. The topological polar surface area (TPSA) is 61.8 Å². The van der Waals surface area contributed by atoms with E-state index in [2.05, 4.69) is 18.8 Å². The van der Waals surface area contributed by atoms with E-state index in [1.807, 2.05) is 7.05 Å². The SMILES string of the molecule is CC[C@@H](C)c1nc2c(c(=O)n(C)c(=O)n2C)n1C. The van der Waals surface area contributed by atoms with E-state index in [-0.39, 0.29) is 17.2 Å². The number of hydrogen-bond donors (Lipinski definition) is 0. The van der Waals surface area contributed by atoms with Crippen LogP contribution in [0.15, 0.2) is 9.59 Å². The van der Waals surface area contributed by atoms with Gasteiger partial charge in [-0.15, -0.1) is 0 Å². The Balaban J connectivity index is 2.98. The molecule has 0 saturated heterocycles. The van der Waals surface area contributed by atoms with Crippen LogP contribution in [0.3, 0.4) is 0 Å². The molecule has 0 aliphatic heterocycles. The average Bonchev–Trinajstić information content (AvgIpc) is 2.71. The summed E-state index contributed by atoms with van der Waals surface area (Å²) >= 11 is 0. The molecule has 0 aliphatic rings. The van der Waals surface area contributed by atoms with Gasteiger partial charge in [0.15, 0.2) is 11.2 Å². The molecule has 1 atom stereocenters. The molecule has 0 bridgehead atoms. The van der Waals surface area contributed by atoms with E-state index < -0.39 is 0 Å². The van der Waals surface area contributed by atoms with Gasteiger partial charge in [0.1, 0.15) is 5.82 Å². The van der Waals surface area contributed by atoms with Gasteiger partial charge in [-0.1, -0.05) is 13.8 Å². The fourth-order valence-corrected chi connectivity index (χ4v) is 2.16. The van der Waals surface area contributed by atoms with Crippen molar-refractivity contribution in [2.75, 3.05) is 0 Å². The van der Waals surface area contributed by atoms with E-state index in [9.17, 15) is 9.59 Å². The molecule has 0 saturated carbocycles. The molecular formula is C12H18N4O2. The van der Waals surface area contributed by atoms with Crippen molar-refractivity contribution in [3.63, 3.8) is 0 Å². The third-order valence-corrected chi connectivity index (χ3v) is 3.56. The van der Waals surface area contributed by atoms with E-state index in [4.69, 9.17) is 0 Å². The maximum absolute atomic E-state index is 12.1. The Morgan fingerprint density at radius 2 is 1.72 bits per heavy atom. The Morgan fingerprint density at radius 1 is 1.11 bits per heavy atom. The molecule has 98 valence electrons. The molecule has 0 fully saturated rings. The predicted molar refractivity (Wildman–Crippen MR) is 69.9 cm³/mol. The molecule has 18 heavy (non-hydrogen) atoms. The number of imidazole rings is 1. The van der Waals surface area contributed by atoms with E-state index in [0.29, 0.717) is 11.2 Å². The van der Waals surface area contributed by atoms with Crippen LogP contribution in [-0.4, -0.2) is 18.7 Å². The highest BCUT2D eigenvalue weighted by Gasteiger charge is 2.19. The van der Waals surface area contributed by atoms with Crippen molar-refractivity contribution in [3.05, 3.63) is 26.7 Å². The van der Waals surface area contributed by atoms with Crippen molar-refractivity contribution in [1.29, 1.82) is 0 Å². The third-order valence-electron chi connectivity index (χ3n) is 3.56. The first-order chi connectivity index (χ1) is 8.40. The Hall–Kier alpha value is -1.85. The number of aryl methyl sites for hydroxylation is 2. The summed E-state index contributed by atoms with van der Waals surface area (Å²) in [5, 5.41) is 0. The van der Waals surface area contributed by atoms with Gasteiger partial charge in [-0.25, -0.2) is 9.78 Å². The summed E-state index contributed by atoms with van der Waals surface area (Å²) in [5.74, 6) is 1.09. The molecule has 2 aromatic heterocycles. The summed E-state index contributed by atoms with van der Waals surface area (Å²) in [4.78, 5) is 28.4. The molecule has 2 aromatic rings. The van der Waals surface area contributed by atoms with Crippen LogP contribution in [-0.2, 0) is 21.1 Å². The minimum absolute atomic E-state index is 0.252. The average molecular weight is 250 g/mol. The summed E-state index contributed by atoms with van der Waals surface area (Å²) in [6.07, 6.45) is 0.936. The molecule has 2 rings (SSSR count). The van der Waals surface area contributed by atoms with Crippen LogP contribution in [0.1, 0.15) is 32.0 Å². The number of rotatable bonds is 2. The van der Waals surface area contributed by atoms with Crippen LogP contribution in [0.2, 0.25) is 0 Å². The molecule has 0 amide bonds. The second-order valence-corrected chi connectivity index (χ2v) is 4.72.